The topological polar surface area (TPSA) is 55.9 Å². The number of nitrogens with one attached hydrogen (secondary N) is 1. The quantitative estimate of drug-likeness (QED) is 0.674. The Morgan fingerprint density at radius 2 is 2.00 bits per heavy atom. The van der Waals surface area contributed by atoms with Crippen molar-refractivity contribution in [2.24, 2.45) is 12.9 Å². The molecule has 20 heavy (non-hydrogen) atoms. The van der Waals surface area contributed by atoms with Crippen LogP contribution >= 0.6 is 23.2 Å². The Balaban J connectivity index is 2.33. The van der Waals surface area contributed by atoms with E-state index in [0.29, 0.717) is 16.5 Å². The van der Waals surface area contributed by atoms with Gasteiger partial charge in [-0.3, -0.25) is 16.0 Å². The summed E-state index contributed by atoms with van der Waals surface area (Å²) in [4.78, 5) is 0. The van der Waals surface area contributed by atoms with E-state index in [1.54, 1.807) is 4.68 Å². The molecule has 1 aromatic carbocycles. The van der Waals surface area contributed by atoms with Gasteiger partial charge in [-0.1, -0.05) is 29.3 Å². The van der Waals surface area contributed by atoms with Crippen LogP contribution in [0.2, 0.25) is 10.0 Å². The van der Waals surface area contributed by atoms with Gasteiger partial charge in [0.2, 0.25) is 0 Å². The summed E-state index contributed by atoms with van der Waals surface area (Å²) in [5.41, 5.74) is 6.73. The van der Waals surface area contributed by atoms with Crippen LogP contribution in [0, 0.1) is 13.8 Å². The molecule has 1 aromatic heterocycles. The van der Waals surface area contributed by atoms with Gasteiger partial charge in [0.1, 0.15) is 0 Å². The molecule has 0 aliphatic rings. The van der Waals surface area contributed by atoms with Crippen LogP contribution in [0.4, 0.5) is 0 Å². The molecule has 0 aliphatic heterocycles. The highest BCUT2D eigenvalue weighted by Gasteiger charge is 2.18. The Kier molecular flexibility index (Phi) is 4.70. The second kappa shape index (κ2) is 6.14. The zero-order valence-corrected chi connectivity index (χ0v) is 13.3. The van der Waals surface area contributed by atoms with Gasteiger partial charge in [0.25, 0.3) is 0 Å². The zero-order chi connectivity index (χ0) is 14.9. The number of benzene rings is 1. The Hall–Kier alpha value is -1.07. The van der Waals surface area contributed by atoms with Gasteiger partial charge in [-0.05, 0) is 37.1 Å². The molecule has 0 amide bonds. The highest BCUT2D eigenvalue weighted by atomic mass is 35.5. The Bertz CT molecular complexity index is 602. The molecular formula is C14H18Cl2N4. The maximum Gasteiger partial charge on any atom is 0.0847 e. The van der Waals surface area contributed by atoms with Gasteiger partial charge >= 0.3 is 0 Å². The number of nitrogens with two attached hydrogens (primary N) is 1. The van der Waals surface area contributed by atoms with Gasteiger partial charge in [-0.2, -0.15) is 5.10 Å². The van der Waals surface area contributed by atoms with Crippen molar-refractivity contribution in [1.29, 1.82) is 0 Å². The van der Waals surface area contributed by atoms with Crippen molar-refractivity contribution < 1.29 is 0 Å². The number of aryl methyl sites for hydroxylation is 3. The zero-order valence-electron chi connectivity index (χ0n) is 11.7. The molecule has 0 bridgehead atoms. The Labute approximate surface area is 128 Å². The van der Waals surface area contributed by atoms with E-state index in [9.17, 15) is 0 Å². The van der Waals surface area contributed by atoms with Crippen molar-refractivity contribution in [3.05, 3.63) is 50.8 Å². The van der Waals surface area contributed by atoms with Gasteiger partial charge < -0.3 is 0 Å². The molecule has 0 radical (unpaired) electrons. The maximum atomic E-state index is 6.29. The maximum absolute atomic E-state index is 6.29. The molecule has 4 nitrogen and oxygen atoms in total. The van der Waals surface area contributed by atoms with E-state index in [1.165, 1.54) is 0 Å². The molecule has 6 heteroatoms. The number of hydrogen-bond donors (Lipinski definition) is 2. The fourth-order valence-electron chi connectivity index (χ4n) is 2.33. The summed E-state index contributed by atoms with van der Waals surface area (Å²) >= 11 is 12.4. The van der Waals surface area contributed by atoms with Crippen molar-refractivity contribution in [3.63, 3.8) is 0 Å². The molecule has 0 fully saturated rings. The summed E-state index contributed by atoms with van der Waals surface area (Å²) in [7, 11) is 1.88. The predicted molar refractivity (Wildman–Crippen MR) is 82.9 cm³/mol. The first-order valence-electron chi connectivity index (χ1n) is 6.33. The summed E-state index contributed by atoms with van der Waals surface area (Å²) in [6, 6.07) is 5.82. The lowest BCUT2D eigenvalue weighted by Crippen LogP contribution is -2.30. The lowest BCUT2D eigenvalue weighted by molar-refractivity contribution is 0.530. The van der Waals surface area contributed by atoms with Crippen LogP contribution in [-0.4, -0.2) is 9.78 Å². The normalized spacial score (nSPS) is 12.7. The Morgan fingerprint density at radius 3 is 2.50 bits per heavy atom. The van der Waals surface area contributed by atoms with E-state index in [0.717, 1.165) is 22.5 Å². The minimum atomic E-state index is -0.0697. The van der Waals surface area contributed by atoms with Gasteiger partial charge in [0.05, 0.1) is 22.5 Å². The smallest absolute Gasteiger partial charge is 0.0847 e. The fourth-order valence-corrected chi connectivity index (χ4v) is 2.87. The van der Waals surface area contributed by atoms with Crippen LogP contribution in [0.25, 0.3) is 0 Å². The number of rotatable bonds is 4. The average Bonchev–Trinajstić information content (AvgIpc) is 2.60. The molecule has 108 valence electrons. The molecule has 1 heterocycles. The number of aromatic nitrogens is 2. The third-order valence-electron chi connectivity index (χ3n) is 3.33. The predicted octanol–water partition coefficient (Wildman–Crippen LogP) is 3.09. The van der Waals surface area contributed by atoms with Crippen molar-refractivity contribution >= 4 is 23.2 Å². The van der Waals surface area contributed by atoms with Crippen LogP contribution < -0.4 is 11.3 Å². The lowest BCUT2D eigenvalue weighted by atomic mass is 10.0. The van der Waals surface area contributed by atoms with Gasteiger partial charge in [-0.25, -0.2) is 0 Å². The molecule has 2 aromatic rings. The summed E-state index contributed by atoms with van der Waals surface area (Å²) in [5, 5.41) is 5.70. The number of nitrogens with zero attached hydrogens (tertiary/aromatic N) is 2. The molecule has 2 rings (SSSR count). The second-order valence-electron chi connectivity index (χ2n) is 4.95. The minimum absolute atomic E-state index is 0.0697. The van der Waals surface area contributed by atoms with Crippen molar-refractivity contribution in [3.8, 4) is 0 Å². The summed E-state index contributed by atoms with van der Waals surface area (Å²) in [5.74, 6) is 5.69. The van der Waals surface area contributed by atoms with E-state index < -0.39 is 0 Å². The molecule has 1 unspecified atom stereocenters. The van der Waals surface area contributed by atoms with E-state index in [2.05, 4.69) is 16.6 Å². The van der Waals surface area contributed by atoms with Gasteiger partial charge in [0.15, 0.2) is 0 Å². The molecule has 0 saturated carbocycles. The molecule has 3 N–H and O–H groups in total. The lowest BCUT2D eigenvalue weighted by Gasteiger charge is -2.17. The average molecular weight is 313 g/mol. The largest absolute Gasteiger partial charge is 0.271 e. The summed E-state index contributed by atoms with van der Waals surface area (Å²) < 4.78 is 1.79. The number of hydrazine groups is 1. The summed E-state index contributed by atoms with van der Waals surface area (Å²) in [6.07, 6.45) is 0.645. The highest BCUT2D eigenvalue weighted by molar-refractivity contribution is 6.32. The first kappa shape index (κ1) is 15.3. The summed E-state index contributed by atoms with van der Waals surface area (Å²) in [6.45, 7) is 3.89. The SMILES string of the molecule is Cc1cc(Cl)cc(C(Cc2c(Cl)c(C)nn2C)NN)c1. The third kappa shape index (κ3) is 3.15. The monoisotopic (exact) mass is 312 g/mol. The number of hydrogen-bond acceptors (Lipinski definition) is 3. The molecule has 0 saturated heterocycles. The van der Waals surface area contributed by atoms with Crippen molar-refractivity contribution in [1.82, 2.24) is 15.2 Å². The molecule has 1 atom stereocenters. The van der Waals surface area contributed by atoms with Crippen LogP contribution in [0.1, 0.15) is 28.6 Å². The first-order valence-corrected chi connectivity index (χ1v) is 7.09. The molecule has 0 aliphatic carbocycles. The van der Waals surface area contributed by atoms with Crippen molar-refractivity contribution in [2.75, 3.05) is 0 Å². The van der Waals surface area contributed by atoms with E-state index in [-0.39, 0.29) is 6.04 Å². The standard InChI is InChI=1S/C14H18Cl2N4/c1-8-4-10(6-11(15)5-8)12(18-17)7-13-14(16)9(2)19-20(13)3/h4-6,12,18H,7,17H2,1-3H3. The first-order chi connectivity index (χ1) is 9.42. The van der Waals surface area contributed by atoms with E-state index >= 15 is 0 Å². The van der Waals surface area contributed by atoms with Gasteiger partial charge in [-0.15, -0.1) is 0 Å². The minimum Gasteiger partial charge on any atom is -0.271 e. The third-order valence-corrected chi connectivity index (χ3v) is 4.04. The van der Waals surface area contributed by atoms with Gasteiger partial charge in [0, 0.05) is 18.5 Å². The van der Waals surface area contributed by atoms with E-state index in [1.807, 2.05) is 33.0 Å². The van der Waals surface area contributed by atoms with Crippen LogP contribution in [0.5, 0.6) is 0 Å². The fraction of sp³-hybridized carbons (Fsp3) is 0.357. The number of halogens is 2. The molecular weight excluding hydrogens is 295 g/mol. The Morgan fingerprint density at radius 1 is 1.30 bits per heavy atom. The van der Waals surface area contributed by atoms with Crippen molar-refractivity contribution in [2.45, 2.75) is 26.3 Å². The highest BCUT2D eigenvalue weighted by Crippen LogP contribution is 2.27. The van der Waals surface area contributed by atoms with E-state index in [4.69, 9.17) is 29.0 Å². The second-order valence-corrected chi connectivity index (χ2v) is 5.77. The van der Waals surface area contributed by atoms with Crippen LogP contribution in [0.15, 0.2) is 18.2 Å². The van der Waals surface area contributed by atoms with Crippen LogP contribution in [-0.2, 0) is 13.5 Å². The molecule has 0 spiro atoms. The van der Waals surface area contributed by atoms with Crippen LogP contribution in [0.3, 0.4) is 0 Å².